The number of nitrogens with one attached hydrogen (secondary N) is 1. The third kappa shape index (κ3) is 4.41. The lowest BCUT2D eigenvalue weighted by molar-refractivity contribution is -0.0333. The molecule has 3 N–H and O–H groups in total. The van der Waals surface area contributed by atoms with Gasteiger partial charge in [-0.15, -0.1) is 5.10 Å². The highest BCUT2D eigenvalue weighted by atomic mass is 19.1. The Bertz CT molecular complexity index is 1020. The summed E-state index contributed by atoms with van der Waals surface area (Å²) in [5, 5.41) is 7.58. The van der Waals surface area contributed by atoms with E-state index in [0.29, 0.717) is 30.3 Å². The first-order valence-electron chi connectivity index (χ1n) is 10.8. The number of benzene rings is 1. The van der Waals surface area contributed by atoms with E-state index >= 15 is 0 Å². The topological polar surface area (TPSA) is 78.0 Å². The molecule has 0 amide bonds. The van der Waals surface area contributed by atoms with E-state index in [4.69, 9.17) is 10.5 Å². The van der Waals surface area contributed by atoms with E-state index in [1.165, 1.54) is 36.0 Å². The number of ether oxygens (including phenoxy) is 1. The zero-order valence-corrected chi connectivity index (χ0v) is 17.5. The van der Waals surface area contributed by atoms with E-state index in [0.717, 1.165) is 36.8 Å². The fourth-order valence-corrected chi connectivity index (χ4v) is 4.89. The number of aromatic nitrogens is 3. The van der Waals surface area contributed by atoms with Crippen molar-refractivity contribution >= 4 is 5.95 Å². The quantitative estimate of drug-likeness (QED) is 0.751. The smallest absolute Gasteiger partial charge is 0.246 e. The molecule has 3 unspecified atom stereocenters. The van der Waals surface area contributed by atoms with Crippen molar-refractivity contribution in [3.05, 3.63) is 59.6 Å². The van der Waals surface area contributed by atoms with Gasteiger partial charge in [0.2, 0.25) is 5.95 Å². The van der Waals surface area contributed by atoms with Gasteiger partial charge in [0, 0.05) is 30.3 Å². The molecule has 8 heteroatoms. The summed E-state index contributed by atoms with van der Waals surface area (Å²) in [5.41, 5.74) is 8.78. The second-order valence-corrected chi connectivity index (χ2v) is 9.08. The molecule has 6 nitrogen and oxygen atoms in total. The monoisotopic (exact) mass is 427 g/mol. The molecule has 2 aliphatic carbocycles. The van der Waals surface area contributed by atoms with Crippen LogP contribution in [0.2, 0.25) is 0 Å². The molecular formula is C23H27F2N5O. The van der Waals surface area contributed by atoms with Crippen LogP contribution in [0.4, 0.5) is 14.7 Å². The molecule has 1 aliphatic heterocycles. The van der Waals surface area contributed by atoms with Gasteiger partial charge in [-0.05, 0) is 62.7 Å². The average Bonchev–Trinajstić information content (AvgIpc) is 3.46. The van der Waals surface area contributed by atoms with Gasteiger partial charge in [-0.25, -0.2) is 13.5 Å². The summed E-state index contributed by atoms with van der Waals surface area (Å²) in [6.45, 7) is 2.81. The number of rotatable bonds is 5. The highest BCUT2D eigenvalue weighted by Crippen LogP contribution is 2.44. The van der Waals surface area contributed by atoms with Gasteiger partial charge in [-0.3, -0.25) is 0 Å². The van der Waals surface area contributed by atoms with E-state index in [9.17, 15) is 8.78 Å². The number of nitrogens with two attached hydrogens (primary N) is 1. The average molecular weight is 427 g/mol. The van der Waals surface area contributed by atoms with Gasteiger partial charge in [0.25, 0.3) is 0 Å². The number of hydrogen-bond donors (Lipinski definition) is 2. The molecule has 2 heterocycles. The molecule has 0 radical (unpaired) electrons. The molecular weight excluding hydrogens is 400 g/mol. The summed E-state index contributed by atoms with van der Waals surface area (Å²) in [6, 6.07) is 3.24. The first kappa shape index (κ1) is 20.3. The Hall–Kier alpha value is -2.58. The zero-order chi connectivity index (χ0) is 21.6. The van der Waals surface area contributed by atoms with Crippen molar-refractivity contribution < 1.29 is 13.5 Å². The molecule has 1 saturated heterocycles. The standard InChI is InChI=1S/C23H27F2N5O/c1-14-6-19(12-23(26,11-14)16-4-5-31-21(7-16)15-2-3-15)28-22-27-13-30(29-22)20-9-17(24)8-18(25)10-20/h6,8-11,13,15-16,21H,2-5,7,12,26H2,1H3,(H,28,29). The number of hydrogen-bond acceptors (Lipinski definition) is 5. The Morgan fingerprint density at radius 3 is 2.71 bits per heavy atom. The van der Waals surface area contributed by atoms with E-state index < -0.39 is 17.2 Å². The summed E-state index contributed by atoms with van der Waals surface area (Å²) in [4.78, 5) is 4.25. The van der Waals surface area contributed by atoms with Gasteiger partial charge < -0.3 is 15.8 Å². The highest BCUT2D eigenvalue weighted by Gasteiger charge is 2.43. The molecule has 164 valence electrons. The van der Waals surface area contributed by atoms with Crippen LogP contribution in [0.5, 0.6) is 0 Å². The molecule has 0 bridgehead atoms. The maximum Gasteiger partial charge on any atom is 0.246 e. The minimum atomic E-state index is -0.662. The maximum absolute atomic E-state index is 13.5. The molecule has 1 aromatic heterocycles. The molecule has 0 spiro atoms. The minimum Gasteiger partial charge on any atom is -0.378 e. The van der Waals surface area contributed by atoms with Crippen molar-refractivity contribution in [3.63, 3.8) is 0 Å². The van der Waals surface area contributed by atoms with Crippen LogP contribution in [0.1, 0.15) is 39.0 Å². The third-order valence-corrected chi connectivity index (χ3v) is 6.49. The lowest BCUT2D eigenvalue weighted by atomic mass is 9.72. The number of halogens is 2. The molecule has 2 fully saturated rings. The van der Waals surface area contributed by atoms with Crippen LogP contribution in [0.15, 0.2) is 47.9 Å². The van der Waals surface area contributed by atoms with Crippen LogP contribution in [0.3, 0.4) is 0 Å². The maximum atomic E-state index is 13.5. The van der Waals surface area contributed by atoms with Gasteiger partial charge in [0.05, 0.1) is 11.8 Å². The fraction of sp³-hybridized carbons (Fsp3) is 0.478. The van der Waals surface area contributed by atoms with Crippen molar-refractivity contribution in [3.8, 4) is 5.69 Å². The zero-order valence-electron chi connectivity index (χ0n) is 17.5. The molecule has 1 saturated carbocycles. The highest BCUT2D eigenvalue weighted by molar-refractivity contribution is 5.43. The second-order valence-electron chi connectivity index (χ2n) is 9.08. The minimum absolute atomic E-state index is 0.272. The van der Waals surface area contributed by atoms with Gasteiger partial charge in [-0.2, -0.15) is 4.98 Å². The van der Waals surface area contributed by atoms with Crippen LogP contribution in [-0.4, -0.2) is 33.0 Å². The van der Waals surface area contributed by atoms with Gasteiger partial charge in [0.1, 0.15) is 18.0 Å². The van der Waals surface area contributed by atoms with Crippen molar-refractivity contribution in [1.82, 2.24) is 14.8 Å². The van der Waals surface area contributed by atoms with Crippen LogP contribution >= 0.6 is 0 Å². The van der Waals surface area contributed by atoms with Crippen molar-refractivity contribution in [2.45, 2.75) is 50.7 Å². The Kier molecular flexibility index (Phi) is 5.14. The van der Waals surface area contributed by atoms with Crippen molar-refractivity contribution in [1.29, 1.82) is 0 Å². The van der Waals surface area contributed by atoms with Gasteiger partial charge >= 0.3 is 0 Å². The first-order chi connectivity index (χ1) is 14.9. The summed E-state index contributed by atoms with van der Waals surface area (Å²) < 4.78 is 34.4. The Morgan fingerprint density at radius 2 is 1.97 bits per heavy atom. The molecule has 31 heavy (non-hydrogen) atoms. The number of anilines is 1. The third-order valence-electron chi connectivity index (χ3n) is 6.49. The van der Waals surface area contributed by atoms with Crippen molar-refractivity contribution in [2.75, 3.05) is 11.9 Å². The Labute approximate surface area is 180 Å². The lowest BCUT2D eigenvalue weighted by Crippen LogP contribution is -2.51. The molecule has 3 atom stereocenters. The molecule has 3 aliphatic rings. The predicted octanol–water partition coefficient (Wildman–Crippen LogP) is 4.09. The largest absolute Gasteiger partial charge is 0.378 e. The second kappa shape index (κ2) is 7.84. The summed E-state index contributed by atoms with van der Waals surface area (Å²) in [6.07, 6.45) is 11.1. The van der Waals surface area contributed by atoms with Gasteiger partial charge in [0.15, 0.2) is 0 Å². The Morgan fingerprint density at radius 1 is 1.19 bits per heavy atom. The van der Waals surface area contributed by atoms with Crippen LogP contribution in [0.25, 0.3) is 5.69 Å². The normalized spacial score (nSPS) is 28.8. The van der Waals surface area contributed by atoms with E-state index in [1.807, 2.05) is 13.0 Å². The Balaban J connectivity index is 1.31. The van der Waals surface area contributed by atoms with Crippen LogP contribution in [-0.2, 0) is 4.74 Å². The van der Waals surface area contributed by atoms with Crippen molar-refractivity contribution in [2.24, 2.45) is 17.6 Å². The molecule has 5 rings (SSSR count). The van der Waals surface area contributed by atoms with E-state index in [2.05, 4.69) is 21.5 Å². The predicted molar refractivity (Wildman–Crippen MR) is 113 cm³/mol. The number of allylic oxidation sites excluding steroid dienone is 2. The SMILES string of the molecule is CC1=CC(N)(C2CCOC(C3CC3)C2)CC(Nc2ncn(-c3cc(F)cc(F)c3)n2)=C1. The van der Waals surface area contributed by atoms with Crippen LogP contribution < -0.4 is 11.1 Å². The molecule has 2 aromatic rings. The summed E-state index contributed by atoms with van der Waals surface area (Å²) >= 11 is 0. The fourth-order valence-electron chi connectivity index (χ4n) is 4.89. The van der Waals surface area contributed by atoms with Gasteiger partial charge in [-0.1, -0.05) is 11.6 Å². The summed E-state index contributed by atoms with van der Waals surface area (Å²) in [5.74, 6) is 0.0900. The lowest BCUT2D eigenvalue weighted by Gasteiger charge is -2.42. The summed E-state index contributed by atoms with van der Waals surface area (Å²) in [7, 11) is 0. The van der Waals surface area contributed by atoms with Crippen LogP contribution in [0, 0.1) is 23.5 Å². The first-order valence-corrected chi connectivity index (χ1v) is 10.8. The van der Waals surface area contributed by atoms with E-state index in [1.54, 1.807) is 0 Å². The molecule has 1 aromatic carbocycles. The van der Waals surface area contributed by atoms with E-state index in [-0.39, 0.29) is 5.69 Å². The number of nitrogens with zero attached hydrogens (tertiary/aromatic N) is 3.